The minimum absolute atomic E-state index is 0.0326. The number of nitrogens with zero attached hydrogens (tertiary/aromatic N) is 3. The van der Waals surface area contributed by atoms with Crippen LogP contribution in [0.1, 0.15) is 24.1 Å². The zero-order valence-electron chi connectivity index (χ0n) is 14.5. The van der Waals surface area contributed by atoms with Crippen molar-refractivity contribution in [1.29, 1.82) is 0 Å². The smallest absolute Gasteiger partial charge is 0.226 e. The molecule has 0 aliphatic carbocycles. The number of carbonyl (C=O) groups is 1. The fraction of sp³-hybridized carbons (Fsp3) is 0.421. The SMILES string of the molecule is COc1ccc(CC(=O)NC2CCN(Cc3ccncc3)CC2)nc1. The topological polar surface area (TPSA) is 67.3 Å². The Morgan fingerprint density at radius 2 is 2.00 bits per heavy atom. The highest BCUT2D eigenvalue weighted by Gasteiger charge is 2.20. The standard InChI is InChI=1S/C19H24N4O2/c1-25-18-3-2-17(21-13-18)12-19(24)22-16-6-10-23(11-7-16)14-15-4-8-20-9-5-15/h2-5,8-9,13,16H,6-7,10-12,14H2,1H3,(H,22,24). The summed E-state index contributed by atoms with van der Waals surface area (Å²) < 4.78 is 5.08. The molecule has 0 unspecified atom stereocenters. The number of pyridine rings is 2. The molecule has 0 spiro atoms. The normalized spacial score (nSPS) is 15.7. The predicted octanol–water partition coefficient (Wildman–Crippen LogP) is 1.81. The molecule has 0 aromatic carbocycles. The van der Waals surface area contributed by atoms with Crippen LogP contribution >= 0.6 is 0 Å². The fourth-order valence-corrected chi connectivity index (χ4v) is 3.06. The lowest BCUT2D eigenvalue weighted by atomic mass is 10.0. The van der Waals surface area contributed by atoms with Gasteiger partial charge in [-0.2, -0.15) is 0 Å². The summed E-state index contributed by atoms with van der Waals surface area (Å²) in [7, 11) is 1.60. The summed E-state index contributed by atoms with van der Waals surface area (Å²) in [6.07, 6.45) is 7.56. The Morgan fingerprint density at radius 1 is 1.24 bits per heavy atom. The van der Waals surface area contributed by atoms with Gasteiger partial charge in [-0.1, -0.05) is 0 Å². The summed E-state index contributed by atoms with van der Waals surface area (Å²) >= 11 is 0. The minimum atomic E-state index is 0.0326. The number of hydrogen-bond acceptors (Lipinski definition) is 5. The maximum Gasteiger partial charge on any atom is 0.226 e. The van der Waals surface area contributed by atoms with Crippen LogP contribution in [-0.4, -0.2) is 47.0 Å². The molecule has 6 nitrogen and oxygen atoms in total. The Hall–Kier alpha value is -2.47. The largest absolute Gasteiger partial charge is 0.495 e. The fourth-order valence-electron chi connectivity index (χ4n) is 3.06. The highest BCUT2D eigenvalue weighted by atomic mass is 16.5. The van der Waals surface area contributed by atoms with Gasteiger partial charge in [0.1, 0.15) is 5.75 Å². The Balaban J connectivity index is 1.41. The molecule has 1 aliphatic heterocycles. The number of piperidine rings is 1. The molecule has 1 aliphatic rings. The molecule has 1 amide bonds. The maximum atomic E-state index is 12.2. The van der Waals surface area contributed by atoms with Crippen molar-refractivity contribution in [3.63, 3.8) is 0 Å². The highest BCUT2D eigenvalue weighted by Crippen LogP contribution is 2.14. The monoisotopic (exact) mass is 340 g/mol. The molecule has 1 fully saturated rings. The first-order chi connectivity index (χ1) is 12.2. The number of ether oxygens (including phenoxy) is 1. The lowest BCUT2D eigenvalue weighted by molar-refractivity contribution is -0.121. The quantitative estimate of drug-likeness (QED) is 0.869. The lowest BCUT2D eigenvalue weighted by Gasteiger charge is -2.32. The number of rotatable bonds is 6. The third-order valence-corrected chi connectivity index (χ3v) is 4.48. The summed E-state index contributed by atoms with van der Waals surface area (Å²) in [5.41, 5.74) is 2.04. The summed E-state index contributed by atoms with van der Waals surface area (Å²) in [6.45, 7) is 2.93. The van der Waals surface area contributed by atoms with Crippen LogP contribution in [-0.2, 0) is 17.8 Å². The number of nitrogens with one attached hydrogen (secondary N) is 1. The van der Waals surface area contributed by atoms with Crippen molar-refractivity contribution in [1.82, 2.24) is 20.2 Å². The first kappa shape index (κ1) is 17.4. The van der Waals surface area contributed by atoms with E-state index in [0.717, 1.165) is 38.2 Å². The first-order valence-corrected chi connectivity index (χ1v) is 8.62. The van der Waals surface area contributed by atoms with Gasteiger partial charge in [0.15, 0.2) is 0 Å². The first-order valence-electron chi connectivity index (χ1n) is 8.62. The third kappa shape index (κ3) is 5.26. The molecule has 25 heavy (non-hydrogen) atoms. The van der Waals surface area contributed by atoms with Crippen LogP contribution in [0.5, 0.6) is 5.75 Å². The van der Waals surface area contributed by atoms with Gasteiger partial charge in [0.25, 0.3) is 0 Å². The van der Waals surface area contributed by atoms with Crippen molar-refractivity contribution in [2.75, 3.05) is 20.2 Å². The van der Waals surface area contributed by atoms with Crippen LogP contribution in [0.4, 0.5) is 0 Å². The van der Waals surface area contributed by atoms with E-state index in [0.29, 0.717) is 12.2 Å². The predicted molar refractivity (Wildman–Crippen MR) is 95.2 cm³/mol. The van der Waals surface area contributed by atoms with Gasteiger partial charge in [-0.05, 0) is 42.7 Å². The average molecular weight is 340 g/mol. The van der Waals surface area contributed by atoms with E-state index in [-0.39, 0.29) is 11.9 Å². The van der Waals surface area contributed by atoms with Gasteiger partial charge in [-0.25, -0.2) is 0 Å². The zero-order chi connectivity index (χ0) is 17.5. The molecule has 2 aromatic heterocycles. The highest BCUT2D eigenvalue weighted by molar-refractivity contribution is 5.78. The molecule has 3 rings (SSSR count). The van der Waals surface area contributed by atoms with Crippen molar-refractivity contribution < 1.29 is 9.53 Å². The van der Waals surface area contributed by atoms with Gasteiger partial charge in [-0.15, -0.1) is 0 Å². The minimum Gasteiger partial charge on any atom is -0.495 e. The molecule has 132 valence electrons. The molecule has 1 saturated heterocycles. The molecule has 3 heterocycles. The molecular weight excluding hydrogens is 316 g/mol. The van der Waals surface area contributed by atoms with Crippen LogP contribution in [0.3, 0.4) is 0 Å². The van der Waals surface area contributed by atoms with Crippen molar-refractivity contribution in [2.24, 2.45) is 0 Å². The second kappa shape index (κ2) is 8.58. The summed E-state index contributed by atoms with van der Waals surface area (Å²) in [5.74, 6) is 0.732. The van der Waals surface area contributed by atoms with E-state index in [1.807, 2.05) is 24.5 Å². The van der Waals surface area contributed by atoms with Gasteiger partial charge < -0.3 is 10.1 Å². The number of amides is 1. The molecule has 0 radical (unpaired) electrons. The van der Waals surface area contributed by atoms with Gasteiger partial charge >= 0.3 is 0 Å². The van der Waals surface area contributed by atoms with Gasteiger partial charge in [-0.3, -0.25) is 19.7 Å². The number of hydrogen-bond donors (Lipinski definition) is 1. The Bertz CT molecular complexity index is 668. The van der Waals surface area contributed by atoms with Gasteiger partial charge in [0.2, 0.25) is 5.91 Å². The van der Waals surface area contributed by atoms with E-state index in [1.165, 1.54) is 5.56 Å². The number of likely N-dealkylation sites (tertiary alicyclic amines) is 1. The van der Waals surface area contributed by atoms with E-state index in [9.17, 15) is 4.79 Å². The molecule has 1 N–H and O–H groups in total. The Kier molecular flexibility index (Phi) is 5.95. The number of aromatic nitrogens is 2. The summed E-state index contributed by atoms with van der Waals surface area (Å²) in [5, 5.41) is 3.13. The van der Waals surface area contributed by atoms with E-state index >= 15 is 0 Å². The van der Waals surface area contributed by atoms with Crippen molar-refractivity contribution >= 4 is 5.91 Å². The van der Waals surface area contributed by atoms with Crippen LogP contribution in [0, 0.1) is 0 Å². The second-order valence-corrected chi connectivity index (χ2v) is 6.34. The maximum absolute atomic E-state index is 12.2. The molecular formula is C19H24N4O2. The van der Waals surface area contributed by atoms with E-state index in [2.05, 4.69) is 32.3 Å². The van der Waals surface area contributed by atoms with Crippen molar-refractivity contribution in [3.05, 3.63) is 54.1 Å². The van der Waals surface area contributed by atoms with Crippen LogP contribution in [0.25, 0.3) is 0 Å². The van der Waals surface area contributed by atoms with E-state index < -0.39 is 0 Å². The lowest BCUT2D eigenvalue weighted by Crippen LogP contribution is -2.44. The molecule has 0 bridgehead atoms. The summed E-state index contributed by atoms with van der Waals surface area (Å²) in [4.78, 5) is 22.9. The van der Waals surface area contributed by atoms with Crippen LogP contribution in [0.2, 0.25) is 0 Å². The average Bonchev–Trinajstić information content (AvgIpc) is 2.65. The molecule has 2 aromatic rings. The molecule has 0 atom stereocenters. The van der Waals surface area contributed by atoms with Crippen molar-refractivity contribution in [2.45, 2.75) is 31.8 Å². The summed E-state index contributed by atoms with van der Waals surface area (Å²) in [6, 6.07) is 8.01. The Morgan fingerprint density at radius 3 is 2.64 bits per heavy atom. The third-order valence-electron chi connectivity index (χ3n) is 4.48. The van der Waals surface area contributed by atoms with Crippen LogP contribution < -0.4 is 10.1 Å². The number of methoxy groups -OCH3 is 1. The zero-order valence-corrected chi connectivity index (χ0v) is 14.5. The van der Waals surface area contributed by atoms with Crippen LogP contribution in [0.15, 0.2) is 42.9 Å². The molecule has 0 saturated carbocycles. The van der Waals surface area contributed by atoms with E-state index in [1.54, 1.807) is 13.3 Å². The second-order valence-electron chi connectivity index (χ2n) is 6.34. The van der Waals surface area contributed by atoms with Gasteiger partial charge in [0, 0.05) is 43.8 Å². The molecule has 6 heteroatoms. The van der Waals surface area contributed by atoms with Gasteiger partial charge in [0.05, 0.1) is 19.7 Å². The van der Waals surface area contributed by atoms with E-state index in [4.69, 9.17) is 4.74 Å². The number of carbonyl (C=O) groups excluding carboxylic acids is 1. The Labute approximate surface area is 148 Å². The van der Waals surface area contributed by atoms with Crippen molar-refractivity contribution in [3.8, 4) is 5.75 Å².